The second kappa shape index (κ2) is 10.1. The molecule has 0 spiro atoms. The Balaban J connectivity index is 1.51. The van der Waals surface area contributed by atoms with E-state index in [1.807, 2.05) is 41.8 Å². The number of nitrogens with zero attached hydrogens (tertiary/aromatic N) is 2. The molecule has 1 aliphatic rings. The van der Waals surface area contributed by atoms with Crippen LogP contribution in [0, 0.1) is 5.82 Å². The van der Waals surface area contributed by atoms with Gasteiger partial charge in [-0.15, -0.1) is 11.3 Å². The molecular formula is C28H31FN2O2S. The van der Waals surface area contributed by atoms with Gasteiger partial charge in [-0.1, -0.05) is 51.1 Å². The summed E-state index contributed by atoms with van der Waals surface area (Å²) < 4.78 is 13.4. The highest BCUT2D eigenvalue weighted by molar-refractivity contribution is 7.09. The zero-order valence-electron chi connectivity index (χ0n) is 20.0. The largest absolute Gasteiger partial charge is 0.332 e. The van der Waals surface area contributed by atoms with Crippen LogP contribution in [-0.4, -0.2) is 34.2 Å². The van der Waals surface area contributed by atoms with Gasteiger partial charge in [-0.3, -0.25) is 9.59 Å². The lowest BCUT2D eigenvalue weighted by Gasteiger charge is -2.28. The quantitative estimate of drug-likeness (QED) is 0.397. The van der Waals surface area contributed by atoms with Crippen LogP contribution < -0.4 is 0 Å². The molecule has 0 unspecified atom stereocenters. The summed E-state index contributed by atoms with van der Waals surface area (Å²) in [7, 11) is 0. The molecule has 2 aromatic carbocycles. The van der Waals surface area contributed by atoms with Crippen LogP contribution in [0.5, 0.6) is 0 Å². The van der Waals surface area contributed by atoms with E-state index in [0.717, 1.165) is 23.3 Å². The molecular weight excluding hydrogens is 447 g/mol. The van der Waals surface area contributed by atoms with Crippen molar-refractivity contribution in [2.75, 3.05) is 6.54 Å². The number of rotatable bonds is 8. The second-order valence-corrected chi connectivity index (χ2v) is 11.0. The van der Waals surface area contributed by atoms with Gasteiger partial charge in [0.05, 0.1) is 6.54 Å². The molecule has 0 bridgehead atoms. The van der Waals surface area contributed by atoms with Gasteiger partial charge in [-0.05, 0) is 65.1 Å². The molecule has 0 N–H and O–H groups in total. The van der Waals surface area contributed by atoms with Crippen molar-refractivity contribution in [3.05, 3.63) is 93.4 Å². The van der Waals surface area contributed by atoms with Gasteiger partial charge in [-0.25, -0.2) is 4.39 Å². The lowest BCUT2D eigenvalue weighted by Crippen LogP contribution is -2.43. The first-order chi connectivity index (χ1) is 16.2. The molecule has 178 valence electrons. The normalized spacial score (nSPS) is 13.5. The zero-order valence-corrected chi connectivity index (χ0v) is 20.8. The Morgan fingerprint density at radius 1 is 0.971 bits per heavy atom. The minimum atomic E-state index is -0.303. The Hall–Kier alpha value is -2.99. The average molecular weight is 479 g/mol. The summed E-state index contributed by atoms with van der Waals surface area (Å²) in [5.41, 5.74) is 2.64. The van der Waals surface area contributed by atoms with E-state index in [9.17, 15) is 14.0 Å². The summed E-state index contributed by atoms with van der Waals surface area (Å²) in [6.45, 7) is 7.29. The lowest BCUT2D eigenvalue weighted by molar-refractivity contribution is -0.133. The Morgan fingerprint density at radius 3 is 2.21 bits per heavy atom. The average Bonchev–Trinajstić information content (AvgIpc) is 3.52. The molecule has 1 aromatic heterocycles. The summed E-state index contributed by atoms with van der Waals surface area (Å²) in [5.74, 6) is -0.513. The highest BCUT2D eigenvalue weighted by Crippen LogP contribution is 2.29. The SMILES string of the molecule is CC(C)(C)c1ccc(C(=O)N(CC(=O)N(Cc2ccc(F)cc2)Cc2cccs2)C2CC2)cc1. The Morgan fingerprint density at radius 2 is 1.65 bits per heavy atom. The molecule has 4 nitrogen and oxygen atoms in total. The van der Waals surface area contributed by atoms with Crippen molar-refractivity contribution in [3.8, 4) is 0 Å². The fraction of sp³-hybridized carbons (Fsp3) is 0.357. The van der Waals surface area contributed by atoms with Crippen molar-refractivity contribution in [1.82, 2.24) is 9.80 Å². The molecule has 0 atom stereocenters. The maximum Gasteiger partial charge on any atom is 0.254 e. The van der Waals surface area contributed by atoms with E-state index in [2.05, 4.69) is 20.8 Å². The third kappa shape index (κ3) is 6.11. The van der Waals surface area contributed by atoms with Gasteiger partial charge in [0.2, 0.25) is 5.91 Å². The van der Waals surface area contributed by atoms with Crippen LogP contribution in [0.3, 0.4) is 0 Å². The number of thiophene rings is 1. The van der Waals surface area contributed by atoms with E-state index in [1.165, 1.54) is 17.7 Å². The molecule has 1 saturated carbocycles. The summed E-state index contributed by atoms with van der Waals surface area (Å²) in [6, 6.07) is 18.0. The number of hydrogen-bond acceptors (Lipinski definition) is 3. The molecule has 34 heavy (non-hydrogen) atoms. The Kier molecular flexibility index (Phi) is 7.17. The minimum Gasteiger partial charge on any atom is -0.332 e. The fourth-order valence-electron chi connectivity index (χ4n) is 3.91. The molecule has 1 fully saturated rings. The zero-order chi connectivity index (χ0) is 24.3. The van der Waals surface area contributed by atoms with Crippen LogP contribution in [0.1, 0.15) is 60.0 Å². The predicted molar refractivity (Wildman–Crippen MR) is 134 cm³/mol. The molecule has 4 rings (SSSR count). The standard InChI is InChI=1S/C28H31FN2O2S/c1-28(2,3)22-10-8-21(9-11-22)27(33)31(24-14-15-24)19-26(32)30(18-25-5-4-16-34-25)17-20-6-12-23(29)13-7-20/h4-13,16,24H,14-15,17-19H2,1-3H3. The minimum absolute atomic E-state index is 0.0103. The van der Waals surface area contributed by atoms with Gasteiger partial charge in [0.15, 0.2) is 0 Å². The number of halogens is 1. The molecule has 6 heteroatoms. The van der Waals surface area contributed by atoms with Crippen molar-refractivity contribution >= 4 is 23.2 Å². The van der Waals surface area contributed by atoms with Gasteiger partial charge in [0, 0.05) is 23.0 Å². The highest BCUT2D eigenvalue weighted by atomic mass is 32.1. The van der Waals surface area contributed by atoms with Crippen LogP contribution in [0.15, 0.2) is 66.0 Å². The van der Waals surface area contributed by atoms with Crippen molar-refractivity contribution < 1.29 is 14.0 Å². The first kappa shape index (κ1) is 24.1. The topological polar surface area (TPSA) is 40.6 Å². The molecule has 0 saturated heterocycles. The molecule has 0 radical (unpaired) electrons. The van der Waals surface area contributed by atoms with E-state index in [-0.39, 0.29) is 35.6 Å². The van der Waals surface area contributed by atoms with Crippen LogP contribution in [-0.2, 0) is 23.3 Å². The van der Waals surface area contributed by atoms with E-state index < -0.39 is 0 Å². The smallest absolute Gasteiger partial charge is 0.254 e. The van der Waals surface area contributed by atoms with Gasteiger partial charge in [0.1, 0.15) is 12.4 Å². The van der Waals surface area contributed by atoms with Crippen LogP contribution in [0.4, 0.5) is 4.39 Å². The molecule has 0 aliphatic heterocycles. The van der Waals surface area contributed by atoms with E-state index in [4.69, 9.17) is 0 Å². The summed E-state index contributed by atoms with van der Waals surface area (Å²) >= 11 is 1.59. The van der Waals surface area contributed by atoms with Crippen LogP contribution in [0.25, 0.3) is 0 Å². The monoisotopic (exact) mass is 478 g/mol. The van der Waals surface area contributed by atoms with Crippen LogP contribution >= 0.6 is 11.3 Å². The van der Waals surface area contributed by atoms with Crippen LogP contribution in [0.2, 0.25) is 0 Å². The first-order valence-corrected chi connectivity index (χ1v) is 12.5. The van der Waals surface area contributed by atoms with Gasteiger partial charge >= 0.3 is 0 Å². The van der Waals surface area contributed by atoms with Gasteiger partial charge in [-0.2, -0.15) is 0 Å². The van der Waals surface area contributed by atoms with Gasteiger partial charge < -0.3 is 9.80 Å². The van der Waals surface area contributed by atoms with E-state index >= 15 is 0 Å². The maximum atomic E-state index is 13.5. The Labute approximate surface area is 205 Å². The number of amides is 2. The number of carbonyl (C=O) groups excluding carboxylic acids is 2. The van der Waals surface area contributed by atoms with E-state index in [1.54, 1.807) is 33.3 Å². The molecule has 1 aliphatic carbocycles. The molecule has 3 aromatic rings. The van der Waals surface area contributed by atoms with Crippen molar-refractivity contribution in [2.24, 2.45) is 0 Å². The van der Waals surface area contributed by atoms with E-state index in [0.29, 0.717) is 18.7 Å². The lowest BCUT2D eigenvalue weighted by atomic mass is 9.86. The number of hydrogen-bond donors (Lipinski definition) is 0. The van der Waals surface area contributed by atoms with Gasteiger partial charge in [0.25, 0.3) is 5.91 Å². The first-order valence-electron chi connectivity index (χ1n) is 11.7. The fourth-order valence-corrected chi connectivity index (χ4v) is 4.63. The molecule has 2 amide bonds. The predicted octanol–water partition coefficient (Wildman–Crippen LogP) is 6.02. The van der Waals surface area contributed by atoms with Crippen molar-refractivity contribution in [1.29, 1.82) is 0 Å². The summed E-state index contributed by atoms with van der Waals surface area (Å²) in [6.07, 6.45) is 1.84. The van der Waals surface area contributed by atoms with Crippen molar-refractivity contribution in [2.45, 2.75) is 58.2 Å². The number of carbonyl (C=O) groups is 2. The summed E-state index contributed by atoms with van der Waals surface area (Å²) in [4.78, 5) is 31.4. The third-order valence-corrected chi connectivity index (χ3v) is 6.98. The third-order valence-electron chi connectivity index (χ3n) is 6.12. The number of benzene rings is 2. The molecule has 1 heterocycles. The second-order valence-electron chi connectivity index (χ2n) is 9.95. The Bertz CT molecular complexity index is 1110. The van der Waals surface area contributed by atoms with Crippen molar-refractivity contribution in [3.63, 3.8) is 0 Å². The summed E-state index contributed by atoms with van der Waals surface area (Å²) in [5, 5.41) is 1.98. The highest BCUT2D eigenvalue weighted by Gasteiger charge is 2.35. The maximum absolute atomic E-state index is 13.5.